The minimum atomic E-state index is -2.73. The van der Waals surface area contributed by atoms with Gasteiger partial charge in [-0.15, -0.1) is 0 Å². The van der Waals surface area contributed by atoms with Crippen LogP contribution in [0.25, 0.3) is 22.5 Å². The third kappa shape index (κ3) is 6.60. The first-order chi connectivity index (χ1) is 16.8. The Morgan fingerprint density at radius 3 is 2.57 bits per heavy atom. The van der Waals surface area contributed by atoms with Crippen LogP contribution in [0.2, 0.25) is 0 Å². The summed E-state index contributed by atoms with van der Waals surface area (Å²) < 4.78 is 31.5. The fraction of sp³-hybridized carbons (Fsp3) is 0.231. The second kappa shape index (κ2) is 11.2. The molecule has 0 bridgehead atoms. The predicted molar refractivity (Wildman–Crippen MR) is 142 cm³/mol. The minimum absolute atomic E-state index is 0.0701. The second-order valence-corrected chi connectivity index (χ2v) is 12.2. The van der Waals surface area contributed by atoms with Crippen molar-refractivity contribution >= 4 is 24.9 Å². The minimum Gasteiger partial charge on any atom is -0.364 e. The van der Waals surface area contributed by atoms with Crippen LogP contribution in [0.5, 0.6) is 0 Å². The molecule has 0 radical (unpaired) electrons. The lowest BCUT2D eigenvalue weighted by Crippen LogP contribution is -2.07. The molecule has 0 aliphatic carbocycles. The molecule has 35 heavy (non-hydrogen) atoms. The molecule has 4 aromatic rings. The molecule has 0 saturated carbocycles. The van der Waals surface area contributed by atoms with Crippen LogP contribution in [0.1, 0.15) is 25.5 Å². The second-order valence-electron chi connectivity index (χ2n) is 8.18. The number of halogens is 1. The van der Waals surface area contributed by atoms with Gasteiger partial charge in [0.15, 0.2) is 5.16 Å². The highest BCUT2D eigenvalue weighted by Crippen LogP contribution is 2.47. The summed E-state index contributed by atoms with van der Waals surface area (Å²) in [4.78, 5) is 12.6. The van der Waals surface area contributed by atoms with Crippen molar-refractivity contribution in [1.82, 2.24) is 15.0 Å². The van der Waals surface area contributed by atoms with Crippen molar-refractivity contribution in [2.75, 3.05) is 24.1 Å². The van der Waals surface area contributed by atoms with E-state index >= 15 is 0 Å². The standard InChI is InChI=1S/C26H28FN4O2PS/c1-4-33-34(3,32)17-35-26-30-24(20-10-12-22(27)13-11-20)25(31-26)21-14-15-28-23(16-21)29-18(2)19-8-6-5-7-9-19/h5-16,18H,4,17H2,1-3H3,(H,28,29)(H,30,31). The fourth-order valence-electron chi connectivity index (χ4n) is 3.65. The van der Waals surface area contributed by atoms with Crippen LogP contribution in [0.4, 0.5) is 10.2 Å². The van der Waals surface area contributed by atoms with E-state index in [2.05, 4.69) is 34.3 Å². The average molecular weight is 511 g/mol. The maximum absolute atomic E-state index is 13.6. The van der Waals surface area contributed by atoms with E-state index in [1.165, 1.54) is 23.9 Å². The van der Waals surface area contributed by atoms with Gasteiger partial charge in [0.25, 0.3) is 0 Å². The summed E-state index contributed by atoms with van der Waals surface area (Å²) in [5, 5.41) is 4.06. The molecule has 2 atom stereocenters. The summed E-state index contributed by atoms with van der Waals surface area (Å²) in [6, 6.07) is 20.3. The molecule has 182 valence electrons. The summed E-state index contributed by atoms with van der Waals surface area (Å²) in [6.07, 6.45) is 1.74. The van der Waals surface area contributed by atoms with Crippen LogP contribution in [0.15, 0.2) is 78.1 Å². The van der Waals surface area contributed by atoms with Gasteiger partial charge in [-0.3, -0.25) is 4.57 Å². The maximum Gasteiger partial charge on any atom is 0.210 e. The predicted octanol–water partition coefficient (Wildman–Crippen LogP) is 7.44. The van der Waals surface area contributed by atoms with E-state index in [4.69, 9.17) is 9.51 Å². The Labute approximate surface area is 209 Å². The number of hydrogen-bond donors (Lipinski definition) is 2. The summed E-state index contributed by atoms with van der Waals surface area (Å²) in [5.74, 6) is 0.413. The highest BCUT2D eigenvalue weighted by molar-refractivity contribution is 8.04. The van der Waals surface area contributed by atoms with Crippen molar-refractivity contribution in [3.8, 4) is 22.5 Å². The van der Waals surface area contributed by atoms with Crippen LogP contribution >= 0.6 is 19.1 Å². The molecule has 2 aromatic heterocycles. The number of hydrogen-bond acceptors (Lipinski definition) is 6. The number of aromatic nitrogens is 3. The third-order valence-electron chi connectivity index (χ3n) is 5.35. The van der Waals surface area contributed by atoms with E-state index < -0.39 is 7.37 Å². The number of nitrogens with zero attached hydrogens (tertiary/aromatic N) is 2. The summed E-state index contributed by atoms with van der Waals surface area (Å²) in [6.45, 7) is 5.93. The zero-order valence-electron chi connectivity index (χ0n) is 19.9. The Kier molecular flexibility index (Phi) is 8.06. The van der Waals surface area contributed by atoms with Crippen molar-refractivity contribution < 1.29 is 13.5 Å². The van der Waals surface area contributed by atoms with Gasteiger partial charge in [0.05, 0.1) is 23.5 Å². The zero-order chi connectivity index (χ0) is 24.8. The van der Waals surface area contributed by atoms with Gasteiger partial charge >= 0.3 is 0 Å². The summed E-state index contributed by atoms with van der Waals surface area (Å²) in [5.41, 5.74) is 4.57. The van der Waals surface area contributed by atoms with Gasteiger partial charge in [0.2, 0.25) is 7.37 Å². The molecular weight excluding hydrogens is 482 g/mol. The molecule has 2 unspecified atom stereocenters. The molecule has 0 amide bonds. The van der Waals surface area contributed by atoms with Crippen molar-refractivity contribution in [2.24, 2.45) is 0 Å². The van der Waals surface area contributed by atoms with Gasteiger partial charge in [-0.1, -0.05) is 42.1 Å². The molecule has 9 heteroatoms. The molecule has 0 spiro atoms. The van der Waals surface area contributed by atoms with E-state index in [0.29, 0.717) is 23.0 Å². The molecule has 2 heterocycles. The van der Waals surface area contributed by atoms with E-state index in [9.17, 15) is 8.96 Å². The largest absolute Gasteiger partial charge is 0.364 e. The van der Waals surface area contributed by atoms with Crippen molar-refractivity contribution in [2.45, 2.75) is 25.0 Å². The monoisotopic (exact) mass is 510 g/mol. The van der Waals surface area contributed by atoms with Crippen LogP contribution < -0.4 is 5.32 Å². The zero-order valence-corrected chi connectivity index (χ0v) is 21.6. The highest BCUT2D eigenvalue weighted by Gasteiger charge is 2.20. The van der Waals surface area contributed by atoms with Crippen LogP contribution in [-0.2, 0) is 9.09 Å². The van der Waals surface area contributed by atoms with Crippen LogP contribution in [0.3, 0.4) is 0 Å². The molecule has 0 aliphatic heterocycles. The van der Waals surface area contributed by atoms with Gasteiger partial charge in [-0.2, -0.15) is 0 Å². The molecule has 0 aliphatic rings. The van der Waals surface area contributed by atoms with E-state index in [1.807, 2.05) is 37.3 Å². The lowest BCUT2D eigenvalue weighted by molar-refractivity contribution is 0.340. The van der Waals surface area contributed by atoms with Gasteiger partial charge in [-0.05, 0) is 55.8 Å². The number of nitrogens with one attached hydrogen (secondary N) is 2. The number of aromatic amines is 1. The Balaban J connectivity index is 1.65. The molecule has 0 fully saturated rings. The van der Waals surface area contributed by atoms with Crippen molar-refractivity contribution in [1.29, 1.82) is 0 Å². The topological polar surface area (TPSA) is 79.9 Å². The summed E-state index contributed by atoms with van der Waals surface area (Å²) >= 11 is 1.35. The van der Waals surface area contributed by atoms with E-state index in [0.717, 1.165) is 28.2 Å². The SMILES string of the molecule is CCOP(C)(=O)CSc1nc(-c2ccc(F)cc2)c(-c2ccnc(NC(C)c3ccccc3)c2)[nH]1. The third-order valence-corrected chi connectivity index (χ3v) is 9.01. The van der Waals surface area contributed by atoms with E-state index in [1.54, 1.807) is 25.0 Å². The van der Waals surface area contributed by atoms with Crippen LogP contribution in [0, 0.1) is 5.82 Å². The lowest BCUT2D eigenvalue weighted by atomic mass is 10.1. The number of imidazole rings is 1. The number of thioether (sulfide) groups is 1. The van der Waals surface area contributed by atoms with E-state index in [-0.39, 0.29) is 11.9 Å². The Morgan fingerprint density at radius 1 is 1.11 bits per heavy atom. The maximum atomic E-state index is 13.6. The first kappa shape index (κ1) is 25.2. The van der Waals surface area contributed by atoms with Crippen LogP contribution in [-0.4, -0.2) is 33.7 Å². The highest BCUT2D eigenvalue weighted by atomic mass is 32.2. The van der Waals surface area contributed by atoms with Crippen molar-refractivity contribution in [3.63, 3.8) is 0 Å². The number of anilines is 1. The quantitative estimate of drug-likeness (QED) is 0.170. The molecule has 2 N–H and O–H groups in total. The first-order valence-corrected chi connectivity index (χ1v) is 14.6. The molecular formula is C26H28FN4O2PS. The Hall–Kier alpha value is -2.93. The Bertz CT molecular complexity index is 1310. The Morgan fingerprint density at radius 2 is 1.86 bits per heavy atom. The molecule has 4 rings (SSSR count). The molecule has 2 aromatic carbocycles. The number of H-pyrrole nitrogens is 1. The van der Waals surface area contributed by atoms with Gasteiger partial charge in [0, 0.05) is 30.0 Å². The normalized spacial score (nSPS) is 13.8. The number of benzene rings is 2. The van der Waals surface area contributed by atoms with Gasteiger partial charge in [-0.25, -0.2) is 14.4 Å². The molecule has 0 saturated heterocycles. The van der Waals surface area contributed by atoms with Gasteiger partial charge < -0.3 is 14.8 Å². The average Bonchev–Trinajstić information content (AvgIpc) is 3.28. The fourth-order valence-corrected chi connectivity index (χ4v) is 6.25. The van der Waals surface area contributed by atoms with Crippen molar-refractivity contribution in [3.05, 3.63) is 84.3 Å². The number of rotatable bonds is 10. The smallest absolute Gasteiger partial charge is 0.210 e. The molecule has 6 nitrogen and oxygen atoms in total. The first-order valence-electron chi connectivity index (χ1n) is 11.3. The number of pyridine rings is 1. The van der Waals surface area contributed by atoms with Gasteiger partial charge in [0.1, 0.15) is 11.6 Å². The lowest BCUT2D eigenvalue weighted by Gasteiger charge is -2.15. The summed E-state index contributed by atoms with van der Waals surface area (Å²) in [7, 11) is -2.73.